The third-order valence-electron chi connectivity index (χ3n) is 3.01. The van der Waals surface area contributed by atoms with Gasteiger partial charge in [0.1, 0.15) is 0 Å². The van der Waals surface area contributed by atoms with Crippen molar-refractivity contribution in [2.75, 3.05) is 39.6 Å². The summed E-state index contributed by atoms with van der Waals surface area (Å²) in [5.41, 5.74) is 1.83. The predicted molar refractivity (Wildman–Crippen MR) is 82.7 cm³/mol. The summed E-state index contributed by atoms with van der Waals surface area (Å²) in [6.07, 6.45) is -4.87. The van der Waals surface area contributed by atoms with Crippen LogP contribution in [-0.4, -0.2) is 56.8 Å². The van der Waals surface area contributed by atoms with E-state index < -0.39 is 12.1 Å². The number of carbonyl (C=O) groups excluding carboxylic acids is 1. The first-order chi connectivity index (χ1) is 11.9. The molecule has 1 aromatic carbocycles. The third-order valence-corrected chi connectivity index (χ3v) is 3.01. The van der Waals surface area contributed by atoms with Crippen LogP contribution in [0.25, 0.3) is 0 Å². The van der Waals surface area contributed by atoms with E-state index in [9.17, 15) is 18.0 Å². The molecule has 1 aromatic rings. The molecule has 0 bridgehead atoms. The first-order valence-electron chi connectivity index (χ1n) is 7.70. The van der Waals surface area contributed by atoms with Crippen molar-refractivity contribution in [2.24, 2.45) is 0 Å². The highest BCUT2D eigenvalue weighted by Crippen LogP contribution is 2.13. The summed E-state index contributed by atoms with van der Waals surface area (Å²) in [6.45, 7) is 1.46. The quantitative estimate of drug-likeness (QED) is 0.548. The van der Waals surface area contributed by atoms with Gasteiger partial charge < -0.3 is 24.6 Å². The van der Waals surface area contributed by atoms with Crippen LogP contribution in [0, 0.1) is 0 Å². The van der Waals surface area contributed by atoms with Gasteiger partial charge in [0.2, 0.25) is 0 Å². The Balaban J connectivity index is 1.89. The molecule has 142 valence electrons. The molecule has 0 aromatic heterocycles. The Morgan fingerprint density at radius 1 is 0.920 bits per heavy atom. The zero-order chi connectivity index (χ0) is 18.5. The van der Waals surface area contributed by atoms with Crippen LogP contribution in [0.3, 0.4) is 0 Å². The topological polar surface area (TPSA) is 77.0 Å². The molecular formula is C16H22F3NO5. The zero-order valence-corrected chi connectivity index (χ0v) is 13.7. The number of halogens is 3. The second kappa shape index (κ2) is 11.8. The van der Waals surface area contributed by atoms with E-state index in [1.165, 1.54) is 0 Å². The van der Waals surface area contributed by atoms with Gasteiger partial charge in [-0.05, 0) is 11.1 Å². The van der Waals surface area contributed by atoms with Gasteiger partial charge in [0.25, 0.3) is 0 Å². The fraction of sp³-hybridized carbons (Fsp3) is 0.562. The minimum Gasteiger partial charge on any atom is -0.392 e. The number of ether oxygens (including phenoxy) is 3. The largest absolute Gasteiger partial charge is 0.471 e. The van der Waals surface area contributed by atoms with Gasteiger partial charge in [-0.1, -0.05) is 24.3 Å². The lowest BCUT2D eigenvalue weighted by Crippen LogP contribution is -2.38. The van der Waals surface area contributed by atoms with E-state index in [2.05, 4.69) is 0 Å². The zero-order valence-electron chi connectivity index (χ0n) is 13.7. The molecule has 25 heavy (non-hydrogen) atoms. The highest BCUT2D eigenvalue weighted by Gasteiger charge is 2.38. The Hall–Kier alpha value is -1.68. The lowest BCUT2D eigenvalue weighted by atomic mass is 10.1. The van der Waals surface area contributed by atoms with E-state index in [1.54, 1.807) is 5.32 Å². The number of nitrogens with one attached hydrogen (secondary N) is 1. The smallest absolute Gasteiger partial charge is 0.392 e. The predicted octanol–water partition coefficient (Wildman–Crippen LogP) is 1.41. The number of hydrogen-bond acceptors (Lipinski definition) is 5. The molecule has 0 spiro atoms. The van der Waals surface area contributed by atoms with Gasteiger partial charge in [0.15, 0.2) is 0 Å². The van der Waals surface area contributed by atoms with Crippen LogP contribution in [0.2, 0.25) is 0 Å². The molecule has 0 saturated carbocycles. The molecule has 9 heteroatoms. The van der Waals surface area contributed by atoms with E-state index >= 15 is 0 Å². The summed E-state index contributed by atoms with van der Waals surface area (Å²) < 4.78 is 51.3. The SMILES string of the molecule is O=C(NCCOCCOCCOCc1ccc(CO)cc1)C(F)(F)F. The van der Waals surface area contributed by atoms with Crippen LogP contribution >= 0.6 is 0 Å². The van der Waals surface area contributed by atoms with Gasteiger partial charge in [-0.2, -0.15) is 13.2 Å². The van der Waals surface area contributed by atoms with Crippen molar-refractivity contribution in [3.05, 3.63) is 35.4 Å². The van der Waals surface area contributed by atoms with Gasteiger partial charge in [-0.15, -0.1) is 0 Å². The maximum atomic E-state index is 11.9. The van der Waals surface area contributed by atoms with Gasteiger partial charge >= 0.3 is 12.1 Å². The maximum Gasteiger partial charge on any atom is 0.471 e. The number of carbonyl (C=O) groups is 1. The highest BCUT2D eigenvalue weighted by molar-refractivity contribution is 5.81. The molecule has 0 aliphatic heterocycles. The molecule has 0 aliphatic carbocycles. The minimum atomic E-state index is -4.87. The fourth-order valence-electron chi connectivity index (χ4n) is 1.71. The van der Waals surface area contributed by atoms with E-state index in [-0.39, 0.29) is 33.0 Å². The Labute approximate surface area is 143 Å². The van der Waals surface area contributed by atoms with Crippen molar-refractivity contribution < 1.29 is 37.3 Å². The summed E-state index contributed by atoms with van der Waals surface area (Å²) in [7, 11) is 0. The molecule has 0 unspecified atom stereocenters. The summed E-state index contributed by atoms with van der Waals surface area (Å²) in [6, 6.07) is 7.39. The first-order valence-corrected chi connectivity index (χ1v) is 7.70. The summed E-state index contributed by atoms with van der Waals surface area (Å²) in [5, 5.41) is 10.6. The highest BCUT2D eigenvalue weighted by atomic mass is 19.4. The van der Waals surface area contributed by atoms with E-state index in [0.717, 1.165) is 11.1 Å². The van der Waals surface area contributed by atoms with Gasteiger partial charge in [-0.3, -0.25) is 4.79 Å². The maximum absolute atomic E-state index is 11.9. The van der Waals surface area contributed by atoms with Crippen LogP contribution in [0.5, 0.6) is 0 Å². The van der Waals surface area contributed by atoms with E-state index in [1.807, 2.05) is 24.3 Å². The number of alkyl halides is 3. The molecular weight excluding hydrogens is 343 g/mol. The summed E-state index contributed by atoms with van der Waals surface area (Å²) in [4.78, 5) is 10.5. The summed E-state index contributed by atoms with van der Waals surface area (Å²) >= 11 is 0. The molecule has 0 saturated heterocycles. The van der Waals surface area contributed by atoms with Crippen molar-refractivity contribution in [1.82, 2.24) is 5.32 Å². The molecule has 2 N–H and O–H groups in total. The van der Waals surface area contributed by atoms with Gasteiger partial charge in [-0.25, -0.2) is 0 Å². The molecule has 1 amide bonds. The van der Waals surface area contributed by atoms with Crippen molar-refractivity contribution in [3.63, 3.8) is 0 Å². The molecule has 0 heterocycles. The first kappa shape index (κ1) is 21.4. The molecule has 0 radical (unpaired) electrons. The second-order valence-electron chi connectivity index (χ2n) is 5.01. The van der Waals surface area contributed by atoms with Crippen LogP contribution in [0.4, 0.5) is 13.2 Å². The monoisotopic (exact) mass is 365 g/mol. The molecule has 0 fully saturated rings. The Morgan fingerprint density at radius 3 is 2.00 bits per heavy atom. The van der Waals surface area contributed by atoms with Gasteiger partial charge in [0, 0.05) is 6.54 Å². The average Bonchev–Trinajstić information content (AvgIpc) is 2.59. The lowest BCUT2D eigenvalue weighted by molar-refractivity contribution is -0.173. The number of benzene rings is 1. The fourth-order valence-corrected chi connectivity index (χ4v) is 1.71. The van der Waals surface area contributed by atoms with Crippen molar-refractivity contribution in [1.29, 1.82) is 0 Å². The average molecular weight is 365 g/mol. The Bertz CT molecular complexity index is 494. The number of amides is 1. The van der Waals surface area contributed by atoms with E-state index in [4.69, 9.17) is 19.3 Å². The van der Waals surface area contributed by atoms with Crippen LogP contribution in [0.1, 0.15) is 11.1 Å². The van der Waals surface area contributed by atoms with Gasteiger partial charge in [0.05, 0.1) is 46.2 Å². The number of hydrogen-bond donors (Lipinski definition) is 2. The van der Waals surface area contributed by atoms with Crippen LogP contribution < -0.4 is 5.32 Å². The molecule has 0 atom stereocenters. The van der Waals surface area contributed by atoms with E-state index in [0.29, 0.717) is 19.8 Å². The van der Waals surface area contributed by atoms with Crippen LogP contribution in [0.15, 0.2) is 24.3 Å². The number of rotatable bonds is 12. The third kappa shape index (κ3) is 10.0. The normalized spacial score (nSPS) is 11.5. The second-order valence-corrected chi connectivity index (χ2v) is 5.01. The Kier molecular flexibility index (Phi) is 10.1. The number of aliphatic hydroxyl groups excluding tert-OH is 1. The van der Waals surface area contributed by atoms with Crippen LogP contribution in [-0.2, 0) is 32.2 Å². The summed E-state index contributed by atoms with van der Waals surface area (Å²) in [5.74, 6) is -1.98. The van der Waals surface area contributed by atoms with Crippen molar-refractivity contribution in [3.8, 4) is 0 Å². The molecule has 1 rings (SSSR count). The standard InChI is InChI=1S/C16H22F3NO5/c17-16(18,19)15(22)20-5-6-23-7-8-24-9-10-25-12-14-3-1-13(11-21)2-4-14/h1-4,21H,5-12H2,(H,20,22). The van der Waals surface area contributed by atoms with Crippen molar-refractivity contribution in [2.45, 2.75) is 19.4 Å². The number of aliphatic hydroxyl groups is 1. The lowest BCUT2D eigenvalue weighted by Gasteiger charge is -2.09. The molecule has 6 nitrogen and oxygen atoms in total. The molecule has 0 aliphatic rings. The van der Waals surface area contributed by atoms with Crippen molar-refractivity contribution >= 4 is 5.91 Å². The Morgan fingerprint density at radius 2 is 1.44 bits per heavy atom. The minimum absolute atomic E-state index is 0.00570.